The molecule has 2 aromatic rings. The molecule has 0 aliphatic carbocycles. The van der Waals surface area contributed by atoms with E-state index >= 15 is 0 Å². The van der Waals surface area contributed by atoms with Crippen molar-refractivity contribution in [2.75, 3.05) is 39.6 Å². The molecule has 0 bridgehead atoms. The average Bonchev–Trinajstić information content (AvgIpc) is 3.15. The number of carbonyl (C=O) groups is 1. The fourth-order valence-electron chi connectivity index (χ4n) is 2.71. The normalized spacial score (nSPS) is 12.3. The summed E-state index contributed by atoms with van der Waals surface area (Å²) >= 11 is 0. The van der Waals surface area contributed by atoms with Gasteiger partial charge in [-0.05, 0) is 51.0 Å². The molecule has 1 unspecified atom stereocenters. The summed E-state index contributed by atoms with van der Waals surface area (Å²) in [5.74, 6) is -0.107. The van der Waals surface area contributed by atoms with Crippen molar-refractivity contribution in [3.63, 3.8) is 0 Å². The van der Waals surface area contributed by atoms with E-state index in [0.29, 0.717) is 45.1 Å². The number of benzene rings is 1. The first kappa shape index (κ1) is 23.1. The Labute approximate surface area is 173 Å². The second-order valence-electron chi connectivity index (χ2n) is 7.20. The molecule has 0 aliphatic heterocycles. The zero-order valence-electron chi connectivity index (χ0n) is 17.9. The van der Waals surface area contributed by atoms with E-state index in [1.54, 1.807) is 0 Å². The van der Waals surface area contributed by atoms with Crippen LogP contribution in [0.25, 0.3) is 0 Å². The lowest BCUT2D eigenvalue weighted by Gasteiger charge is -2.13. The number of nitrogens with one attached hydrogen (secondary N) is 1. The zero-order chi connectivity index (χ0) is 21.1. The topological polar surface area (TPSA) is 74.6 Å². The average molecular weight is 404 g/mol. The molecule has 7 heteroatoms. The molecule has 0 fully saturated rings. The lowest BCUT2D eigenvalue weighted by Crippen LogP contribution is -2.27. The number of aromatic nitrogens is 2. The van der Waals surface area contributed by atoms with Crippen LogP contribution in [0, 0.1) is 6.92 Å². The second-order valence-corrected chi connectivity index (χ2v) is 7.20. The van der Waals surface area contributed by atoms with E-state index in [9.17, 15) is 4.79 Å². The summed E-state index contributed by atoms with van der Waals surface area (Å²) in [7, 11) is 0. The highest BCUT2D eigenvalue weighted by Crippen LogP contribution is 2.18. The second kappa shape index (κ2) is 12.4. The van der Waals surface area contributed by atoms with Gasteiger partial charge in [0, 0.05) is 18.3 Å². The van der Waals surface area contributed by atoms with Crippen LogP contribution in [0.1, 0.15) is 48.3 Å². The van der Waals surface area contributed by atoms with Crippen LogP contribution < -0.4 is 5.32 Å². The number of hydrogen-bond acceptors (Lipinski definition) is 5. The number of amides is 1. The molecule has 2 rings (SSSR count). The van der Waals surface area contributed by atoms with E-state index in [1.165, 1.54) is 0 Å². The third kappa shape index (κ3) is 8.35. The Hall–Kier alpha value is -2.22. The van der Waals surface area contributed by atoms with Crippen LogP contribution in [0.2, 0.25) is 0 Å². The monoisotopic (exact) mass is 403 g/mol. The summed E-state index contributed by atoms with van der Waals surface area (Å²) in [6.07, 6.45) is 4.07. The van der Waals surface area contributed by atoms with Crippen molar-refractivity contribution < 1.29 is 19.0 Å². The van der Waals surface area contributed by atoms with Gasteiger partial charge in [-0.2, -0.15) is 5.10 Å². The van der Waals surface area contributed by atoms with Crippen LogP contribution in [0.3, 0.4) is 0 Å². The van der Waals surface area contributed by atoms with Crippen LogP contribution in [-0.4, -0.2) is 61.4 Å². The number of nitrogens with zero attached hydrogens (tertiary/aromatic N) is 2. The predicted octanol–water partition coefficient (Wildman–Crippen LogP) is 2.99. The predicted molar refractivity (Wildman–Crippen MR) is 112 cm³/mol. The highest BCUT2D eigenvalue weighted by atomic mass is 16.5. The molecular formula is C22H33N3O4. The van der Waals surface area contributed by atoms with Crippen LogP contribution in [0.4, 0.5) is 0 Å². The van der Waals surface area contributed by atoms with E-state index in [1.807, 2.05) is 62.1 Å². The van der Waals surface area contributed by atoms with Gasteiger partial charge < -0.3 is 19.5 Å². The van der Waals surface area contributed by atoms with Crippen molar-refractivity contribution in [2.24, 2.45) is 0 Å². The Morgan fingerprint density at radius 2 is 1.69 bits per heavy atom. The van der Waals surface area contributed by atoms with Crippen molar-refractivity contribution in [1.29, 1.82) is 0 Å². The lowest BCUT2D eigenvalue weighted by atomic mass is 10.1. The zero-order valence-corrected chi connectivity index (χ0v) is 17.9. The molecular weight excluding hydrogens is 370 g/mol. The van der Waals surface area contributed by atoms with Gasteiger partial charge in [-0.15, -0.1) is 0 Å². The molecule has 1 atom stereocenters. The maximum absolute atomic E-state index is 12.2. The molecule has 160 valence electrons. The van der Waals surface area contributed by atoms with Crippen LogP contribution in [0.15, 0.2) is 36.7 Å². The van der Waals surface area contributed by atoms with Gasteiger partial charge in [-0.1, -0.05) is 12.1 Å². The molecule has 1 heterocycles. The van der Waals surface area contributed by atoms with Crippen molar-refractivity contribution in [3.8, 4) is 0 Å². The van der Waals surface area contributed by atoms with Crippen molar-refractivity contribution in [3.05, 3.63) is 53.3 Å². The third-order valence-electron chi connectivity index (χ3n) is 4.37. The van der Waals surface area contributed by atoms with Crippen molar-refractivity contribution >= 4 is 5.91 Å². The number of aryl methyl sites for hydroxylation is 1. The van der Waals surface area contributed by atoms with E-state index in [4.69, 9.17) is 14.2 Å². The largest absolute Gasteiger partial charge is 0.377 e. The summed E-state index contributed by atoms with van der Waals surface area (Å²) in [4.78, 5) is 12.2. The number of rotatable bonds is 13. The summed E-state index contributed by atoms with van der Waals surface area (Å²) in [5, 5.41) is 7.21. The molecule has 0 saturated heterocycles. The van der Waals surface area contributed by atoms with Gasteiger partial charge in [-0.3, -0.25) is 9.48 Å². The molecule has 1 aromatic carbocycles. The fourth-order valence-corrected chi connectivity index (χ4v) is 2.71. The number of hydrogen-bond donors (Lipinski definition) is 1. The minimum absolute atomic E-state index is 0.107. The maximum Gasteiger partial charge on any atom is 0.251 e. The van der Waals surface area contributed by atoms with Gasteiger partial charge in [0.2, 0.25) is 0 Å². The molecule has 1 amide bonds. The van der Waals surface area contributed by atoms with Crippen LogP contribution >= 0.6 is 0 Å². The quantitative estimate of drug-likeness (QED) is 0.521. The van der Waals surface area contributed by atoms with E-state index in [2.05, 4.69) is 17.3 Å². The third-order valence-corrected chi connectivity index (χ3v) is 4.37. The lowest BCUT2D eigenvalue weighted by molar-refractivity contribution is -0.00100. The number of carbonyl (C=O) groups excluding carboxylic acids is 1. The standard InChI is InChI=1S/C22H33N3O4/c1-17(2)29-14-13-28-12-11-27-10-9-23-22(26)21-7-5-20(6-8-21)19(4)25-16-18(3)15-24-25/h5-8,15-17,19H,9-14H2,1-4H3,(H,23,26). The maximum atomic E-state index is 12.2. The minimum Gasteiger partial charge on any atom is -0.377 e. The van der Waals surface area contributed by atoms with Gasteiger partial charge in [-0.25, -0.2) is 0 Å². The summed E-state index contributed by atoms with van der Waals surface area (Å²) in [5.41, 5.74) is 2.86. The first-order valence-corrected chi connectivity index (χ1v) is 10.1. The Morgan fingerprint density at radius 3 is 2.31 bits per heavy atom. The van der Waals surface area contributed by atoms with E-state index in [-0.39, 0.29) is 18.1 Å². The van der Waals surface area contributed by atoms with Gasteiger partial charge in [0.15, 0.2) is 0 Å². The van der Waals surface area contributed by atoms with Gasteiger partial charge in [0.1, 0.15) is 0 Å². The summed E-state index contributed by atoms with van der Waals surface area (Å²) in [6, 6.07) is 7.73. The van der Waals surface area contributed by atoms with Crippen LogP contribution in [0.5, 0.6) is 0 Å². The van der Waals surface area contributed by atoms with Crippen molar-refractivity contribution in [2.45, 2.75) is 39.8 Å². The Balaban J connectivity index is 1.61. The molecule has 0 saturated carbocycles. The van der Waals surface area contributed by atoms with Crippen LogP contribution in [-0.2, 0) is 14.2 Å². The summed E-state index contributed by atoms with van der Waals surface area (Å²) < 4.78 is 18.2. The molecule has 29 heavy (non-hydrogen) atoms. The minimum atomic E-state index is -0.107. The van der Waals surface area contributed by atoms with Gasteiger partial charge in [0.05, 0.1) is 51.4 Å². The molecule has 0 spiro atoms. The molecule has 7 nitrogen and oxygen atoms in total. The number of ether oxygens (including phenoxy) is 3. The molecule has 1 N–H and O–H groups in total. The Bertz CT molecular complexity index is 728. The SMILES string of the molecule is Cc1cnn(C(C)c2ccc(C(=O)NCCOCCOCCOC(C)C)cc2)c1. The Morgan fingerprint density at radius 1 is 1.03 bits per heavy atom. The Kier molecular flexibility index (Phi) is 9.83. The smallest absolute Gasteiger partial charge is 0.251 e. The van der Waals surface area contributed by atoms with E-state index < -0.39 is 0 Å². The summed E-state index contributed by atoms with van der Waals surface area (Å²) in [6.45, 7) is 11.2. The fraction of sp³-hybridized carbons (Fsp3) is 0.545. The van der Waals surface area contributed by atoms with Gasteiger partial charge in [0.25, 0.3) is 5.91 Å². The highest BCUT2D eigenvalue weighted by molar-refractivity contribution is 5.94. The highest BCUT2D eigenvalue weighted by Gasteiger charge is 2.10. The molecule has 1 aromatic heterocycles. The first-order chi connectivity index (χ1) is 14.0. The molecule has 0 aliphatic rings. The van der Waals surface area contributed by atoms with E-state index in [0.717, 1.165) is 11.1 Å². The molecule has 0 radical (unpaired) electrons. The van der Waals surface area contributed by atoms with Crippen molar-refractivity contribution in [1.82, 2.24) is 15.1 Å². The van der Waals surface area contributed by atoms with Gasteiger partial charge >= 0.3 is 0 Å². The first-order valence-electron chi connectivity index (χ1n) is 10.1.